The number of rotatable bonds is 0. The molecule has 21 heavy (non-hydrogen) atoms. The highest BCUT2D eigenvalue weighted by Gasteiger charge is 2.34. The van der Waals surface area contributed by atoms with E-state index in [-0.39, 0.29) is 17.3 Å². The first-order valence-electron chi connectivity index (χ1n) is 7.44. The van der Waals surface area contributed by atoms with Crippen LogP contribution in [0, 0.1) is 11.7 Å². The summed E-state index contributed by atoms with van der Waals surface area (Å²) in [5.41, 5.74) is 6.60. The predicted octanol–water partition coefficient (Wildman–Crippen LogP) is 4.81. The normalized spacial score (nSPS) is 25.0. The van der Waals surface area contributed by atoms with Crippen molar-refractivity contribution in [3.05, 3.63) is 58.4 Å². The molecule has 0 N–H and O–H groups in total. The Balaban J connectivity index is 1.88. The minimum atomic E-state index is -0.132. The Hall–Kier alpha value is -1.96. The highest BCUT2D eigenvalue weighted by Crippen LogP contribution is 2.45. The van der Waals surface area contributed by atoms with Crippen molar-refractivity contribution in [3.8, 4) is 0 Å². The molecule has 0 saturated heterocycles. The Morgan fingerprint density at radius 2 is 2.10 bits per heavy atom. The van der Waals surface area contributed by atoms with Crippen LogP contribution >= 0.6 is 0 Å². The molecule has 1 aromatic rings. The summed E-state index contributed by atoms with van der Waals surface area (Å²) in [5, 5.41) is 0. The topological polar surface area (TPSA) is 12.4 Å². The van der Waals surface area contributed by atoms with Crippen molar-refractivity contribution < 1.29 is 4.39 Å². The number of allylic oxidation sites excluding steroid dienone is 4. The van der Waals surface area contributed by atoms with Gasteiger partial charge in [-0.2, -0.15) is 0 Å². The summed E-state index contributed by atoms with van der Waals surface area (Å²) in [7, 11) is 0. The average molecular weight is 279 g/mol. The molecule has 0 bridgehead atoms. The van der Waals surface area contributed by atoms with Gasteiger partial charge in [0, 0.05) is 23.6 Å². The molecule has 0 radical (unpaired) electrons. The number of dihydropyridines is 1. The monoisotopic (exact) mass is 279 g/mol. The molecular weight excluding hydrogens is 261 g/mol. The van der Waals surface area contributed by atoms with Gasteiger partial charge in [0.15, 0.2) is 0 Å². The number of benzene rings is 1. The van der Waals surface area contributed by atoms with Crippen LogP contribution in [0.25, 0.3) is 11.6 Å². The molecular formula is C19H18FN. The zero-order valence-corrected chi connectivity index (χ0v) is 12.6. The summed E-state index contributed by atoms with van der Waals surface area (Å²) in [6, 6.07) is 5.34. The Labute approximate surface area is 124 Å². The van der Waals surface area contributed by atoms with E-state index in [9.17, 15) is 4.39 Å². The van der Waals surface area contributed by atoms with E-state index in [0.29, 0.717) is 0 Å². The van der Waals surface area contributed by atoms with Gasteiger partial charge in [0.05, 0.1) is 5.54 Å². The van der Waals surface area contributed by atoms with E-state index in [1.165, 1.54) is 28.5 Å². The van der Waals surface area contributed by atoms with Gasteiger partial charge in [-0.1, -0.05) is 29.9 Å². The maximum Gasteiger partial charge on any atom is 0.131 e. The molecule has 1 nitrogen and oxygen atoms in total. The van der Waals surface area contributed by atoms with Crippen molar-refractivity contribution in [3.63, 3.8) is 0 Å². The second-order valence-electron chi connectivity index (χ2n) is 6.75. The largest absolute Gasteiger partial charge is 0.283 e. The second kappa shape index (κ2) is 4.03. The Bertz CT molecular complexity index is 775. The summed E-state index contributed by atoms with van der Waals surface area (Å²) in [5.74, 6) is 0.146. The first kappa shape index (κ1) is 12.8. The molecule has 1 heterocycles. The number of hydrogen-bond acceptors (Lipinski definition) is 1. The van der Waals surface area contributed by atoms with Gasteiger partial charge < -0.3 is 0 Å². The molecule has 2 heteroatoms. The third-order valence-electron chi connectivity index (χ3n) is 4.57. The SMILES string of the molecule is CC1=CC(C)(C)N=C2CC3=Cc4c(F)cccc4C3=CC12. The first-order valence-corrected chi connectivity index (χ1v) is 7.44. The van der Waals surface area contributed by atoms with Crippen LogP contribution in [-0.4, -0.2) is 11.3 Å². The molecule has 0 saturated carbocycles. The van der Waals surface area contributed by atoms with Gasteiger partial charge in [0.1, 0.15) is 5.82 Å². The van der Waals surface area contributed by atoms with Crippen LogP contribution in [0.1, 0.15) is 38.3 Å². The number of nitrogens with zero attached hydrogens (tertiary/aromatic N) is 1. The van der Waals surface area contributed by atoms with E-state index < -0.39 is 0 Å². The number of aliphatic imine (C=N–C) groups is 1. The number of halogens is 1. The Morgan fingerprint density at radius 3 is 2.90 bits per heavy atom. The Kier molecular flexibility index (Phi) is 2.45. The van der Waals surface area contributed by atoms with Crippen LogP contribution < -0.4 is 0 Å². The lowest BCUT2D eigenvalue weighted by atomic mass is 9.77. The third kappa shape index (κ3) is 1.85. The lowest BCUT2D eigenvalue weighted by Crippen LogP contribution is -2.30. The van der Waals surface area contributed by atoms with Gasteiger partial charge in [-0.3, -0.25) is 4.99 Å². The van der Waals surface area contributed by atoms with Crippen LogP contribution in [-0.2, 0) is 0 Å². The predicted molar refractivity (Wildman–Crippen MR) is 85.7 cm³/mol. The molecule has 0 amide bonds. The van der Waals surface area contributed by atoms with E-state index in [1.807, 2.05) is 12.1 Å². The van der Waals surface area contributed by atoms with Crippen molar-refractivity contribution in [1.82, 2.24) is 0 Å². The highest BCUT2D eigenvalue weighted by molar-refractivity contribution is 6.07. The van der Waals surface area contributed by atoms with E-state index in [4.69, 9.17) is 4.99 Å². The van der Waals surface area contributed by atoms with E-state index >= 15 is 0 Å². The van der Waals surface area contributed by atoms with Gasteiger partial charge in [0.25, 0.3) is 0 Å². The molecule has 4 rings (SSSR count). The second-order valence-corrected chi connectivity index (χ2v) is 6.75. The molecule has 106 valence electrons. The van der Waals surface area contributed by atoms with Gasteiger partial charge in [-0.25, -0.2) is 4.39 Å². The van der Waals surface area contributed by atoms with Gasteiger partial charge in [-0.15, -0.1) is 0 Å². The lowest BCUT2D eigenvalue weighted by molar-refractivity contribution is 0.623. The van der Waals surface area contributed by atoms with E-state index in [0.717, 1.165) is 17.5 Å². The summed E-state index contributed by atoms with van der Waals surface area (Å²) in [4.78, 5) is 4.89. The minimum absolute atomic E-state index is 0.126. The molecule has 2 aliphatic carbocycles. The molecule has 1 atom stereocenters. The average Bonchev–Trinajstić information content (AvgIpc) is 2.75. The molecule has 1 aromatic carbocycles. The third-order valence-corrected chi connectivity index (χ3v) is 4.57. The maximum absolute atomic E-state index is 14.0. The van der Waals surface area contributed by atoms with Crippen LogP contribution in [0.4, 0.5) is 4.39 Å². The fraction of sp³-hybridized carbons (Fsp3) is 0.316. The standard InChI is InChI=1S/C19H18FN/c1-11-10-19(2,3)21-18-8-12-7-16-13(5-4-6-17(16)20)15(12)9-14(11)18/h4-7,9-10,14H,8H2,1-3H3. The van der Waals surface area contributed by atoms with Crippen molar-refractivity contribution >= 4 is 17.4 Å². The van der Waals surface area contributed by atoms with Gasteiger partial charge in [0.2, 0.25) is 0 Å². The molecule has 3 aliphatic rings. The maximum atomic E-state index is 14.0. The summed E-state index contributed by atoms with van der Waals surface area (Å²) in [6.45, 7) is 6.45. The quantitative estimate of drug-likeness (QED) is 0.605. The fourth-order valence-corrected chi connectivity index (χ4v) is 3.81. The molecule has 1 aliphatic heterocycles. The lowest BCUT2D eigenvalue weighted by Gasteiger charge is -2.33. The number of hydrogen-bond donors (Lipinski definition) is 0. The highest BCUT2D eigenvalue weighted by atomic mass is 19.1. The number of fused-ring (bicyclic) bond motifs is 4. The molecule has 1 unspecified atom stereocenters. The zero-order chi connectivity index (χ0) is 14.8. The summed E-state index contributed by atoms with van der Waals surface area (Å²) >= 11 is 0. The van der Waals surface area contributed by atoms with Crippen molar-refractivity contribution in [2.24, 2.45) is 10.9 Å². The van der Waals surface area contributed by atoms with Gasteiger partial charge in [-0.05, 0) is 49.6 Å². The summed E-state index contributed by atoms with van der Waals surface area (Å²) < 4.78 is 14.0. The van der Waals surface area contributed by atoms with Crippen LogP contribution in [0.3, 0.4) is 0 Å². The molecule has 0 fully saturated rings. The molecule has 0 aromatic heterocycles. The van der Waals surface area contributed by atoms with Gasteiger partial charge >= 0.3 is 0 Å². The molecule has 0 spiro atoms. The van der Waals surface area contributed by atoms with E-state index in [2.05, 4.69) is 32.9 Å². The van der Waals surface area contributed by atoms with E-state index in [1.54, 1.807) is 6.07 Å². The van der Waals surface area contributed by atoms with Crippen LogP contribution in [0.5, 0.6) is 0 Å². The fourth-order valence-electron chi connectivity index (χ4n) is 3.81. The summed E-state index contributed by atoms with van der Waals surface area (Å²) in [6.07, 6.45) is 7.34. The van der Waals surface area contributed by atoms with Crippen LogP contribution in [0.15, 0.2) is 46.5 Å². The smallest absolute Gasteiger partial charge is 0.131 e. The first-order chi connectivity index (χ1) is 9.94. The van der Waals surface area contributed by atoms with Crippen LogP contribution in [0.2, 0.25) is 0 Å². The van der Waals surface area contributed by atoms with Crippen molar-refractivity contribution in [2.45, 2.75) is 32.7 Å². The van der Waals surface area contributed by atoms with Crippen molar-refractivity contribution in [2.75, 3.05) is 0 Å². The Morgan fingerprint density at radius 1 is 1.29 bits per heavy atom. The zero-order valence-electron chi connectivity index (χ0n) is 12.6. The van der Waals surface area contributed by atoms with Crippen molar-refractivity contribution in [1.29, 1.82) is 0 Å². The minimum Gasteiger partial charge on any atom is -0.283 e.